The van der Waals surface area contributed by atoms with Gasteiger partial charge in [0.15, 0.2) is 0 Å². The molecular weight excluding hydrogens is 272 g/mol. The molecule has 0 saturated carbocycles. The Labute approximate surface area is 121 Å². The maximum absolute atomic E-state index is 10.7. The first-order chi connectivity index (χ1) is 9.78. The van der Waals surface area contributed by atoms with Crippen LogP contribution in [0.15, 0.2) is 60.7 Å². The lowest BCUT2D eigenvalue weighted by molar-refractivity contribution is 0.112. The molecule has 3 aromatic rings. The van der Waals surface area contributed by atoms with E-state index in [1.807, 2.05) is 42.5 Å². The summed E-state index contributed by atoms with van der Waals surface area (Å²) < 4.78 is 5.87. The molecule has 20 heavy (non-hydrogen) atoms. The molecule has 3 heteroatoms. The highest BCUT2D eigenvalue weighted by molar-refractivity contribution is 6.32. The van der Waals surface area contributed by atoms with E-state index in [9.17, 15) is 4.79 Å². The number of carbonyl (C=O) groups is 1. The van der Waals surface area contributed by atoms with E-state index in [0.717, 1.165) is 22.8 Å². The predicted octanol–water partition coefficient (Wildman–Crippen LogP) is 5.10. The first-order valence-corrected chi connectivity index (χ1v) is 6.56. The molecule has 0 fully saturated rings. The Morgan fingerprint density at radius 2 is 1.70 bits per heavy atom. The fraction of sp³-hybridized carbons (Fsp3) is 0. The SMILES string of the molecule is O=Cc1ccc(Oc2cccc3ccccc23)c(Cl)c1. The first kappa shape index (κ1) is 12.7. The monoisotopic (exact) mass is 282 g/mol. The number of hydrogen-bond donors (Lipinski definition) is 0. The molecule has 98 valence electrons. The average Bonchev–Trinajstić information content (AvgIpc) is 2.49. The van der Waals surface area contributed by atoms with Crippen molar-refractivity contribution in [1.82, 2.24) is 0 Å². The number of fused-ring (bicyclic) bond motifs is 1. The molecule has 0 saturated heterocycles. The van der Waals surface area contributed by atoms with E-state index in [2.05, 4.69) is 0 Å². The van der Waals surface area contributed by atoms with Crippen LogP contribution in [0, 0.1) is 0 Å². The highest BCUT2D eigenvalue weighted by Crippen LogP contribution is 2.33. The van der Waals surface area contributed by atoms with Crippen molar-refractivity contribution in [2.75, 3.05) is 0 Å². The van der Waals surface area contributed by atoms with Crippen LogP contribution >= 0.6 is 11.6 Å². The maximum Gasteiger partial charge on any atom is 0.150 e. The van der Waals surface area contributed by atoms with E-state index in [0.29, 0.717) is 16.3 Å². The molecule has 2 nitrogen and oxygen atoms in total. The minimum absolute atomic E-state index is 0.419. The summed E-state index contributed by atoms with van der Waals surface area (Å²) in [7, 11) is 0. The smallest absolute Gasteiger partial charge is 0.150 e. The van der Waals surface area contributed by atoms with Crippen molar-refractivity contribution in [3.63, 3.8) is 0 Å². The molecule has 0 aromatic heterocycles. The van der Waals surface area contributed by atoms with Gasteiger partial charge in [0.25, 0.3) is 0 Å². The van der Waals surface area contributed by atoms with Gasteiger partial charge in [-0.3, -0.25) is 4.79 Å². The Morgan fingerprint density at radius 3 is 2.50 bits per heavy atom. The maximum atomic E-state index is 10.7. The zero-order chi connectivity index (χ0) is 13.9. The molecular formula is C17H11ClO2. The molecule has 0 aliphatic carbocycles. The summed E-state index contributed by atoms with van der Waals surface area (Å²) in [5.74, 6) is 1.28. The minimum atomic E-state index is 0.419. The van der Waals surface area contributed by atoms with Gasteiger partial charge in [0.2, 0.25) is 0 Å². The Morgan fingerprint density at radius 1 is 0.900 bits per heavy atom. The Bertz CT molecular complexity index is 776. The van der Waals surface area contributed by atoms with Crippen molar-refractivity contribution >= 4 is 28.7 Å². The average molecular weight is 283 g/mol. The van der Waals surface area contributed by atoms with Crippen LogP contribution in [-0.4, -0.2) is 6.29 Å². The van der Waals surface area contributed by atoms with Crippen LogP contribution in [0.2, 0.25) is 5.02 Å². The standard InChI is InChI=1S/C17H11ClO2/c18-15-10-12(11-19)8-9-17(15)20-16-7-3-5-13-4-1-2-6-14(13)16/h1-11H. The molecule has 0 heterocycles. The second-order valence-electron chi connectivity index (χ2n) is 4.39. The lowest BCUT2D eigenvalue weighted by atomic mass is 10.1. The second-order valence-corrected chi connectivity index (χ2v) is 4.79. The van der Waals surface area contributed by atoms with Gasteiger partial charge in [-0.05, 0) is 29.7 Å². The Hall–Kier alpha value is -2.32. The number of ether oxygens (including phenoxy) is 1. The number of halogens is 1. The lowest BCUT2D eigenvalue weighted by Gasteiger charge is -2.10. The van der Waals surface area contributed by atoms with Gasteiger partial charge in [0.1, 0.15) is 17.8 Å². The molecule has 0 radical (unpaired) electrons. The molecule has 0 unspecified atom stereocenters. The van der Waals surface area contributed by atoms with Gasteiger partial charge >= 0.3 is 0 Å². The first-order valence-electron chi connectivity index (χ1n) is 6.18. The fourth-order valence-corrected chi connectivity index (χ4v) is 2.30. The minimum Gasteiger partial charge on any atom is -0.455 e. The normalized spacial score (nSPS) is 10.4. The molecule has 3 aromatic carbocycles. The number of aldehydes is 1. The zero-order valence-corrected chi connectivity index (χ0v) is 11.3. The molecule has 0 N–H and O–H groups in total. The zero-order valence-electron chi connectivity index (χ0n) is 10.5. The van der Waals surface area contributed by atoms with Gasteiger partial charge in [-0.1, -0.05) is 48.0 Å². The van der Waals surface area contributed by atoms with Crippen molar-refractivity contribution in [2.24, 2.45) is 0 Å². The van der Waals surface area contributed by atoms with Crippen molar-refractivity contribution in [3.8, 4) is 11.5 Å². The van der Waals surface area contributed by atoms with E-state index in [1.165, 1.54) is 0 Å². The summed E-state index contributed by atoms with van der Waals surface area (Å²) >= 11 is 6.13. The molecule has 0 amide bonds. The van der Waals surface area contributed by atoms with E-state index in [-0.39, 0.29) is 0 Å². The summed E-state index contributed by atoms with van der Waals surface area (Å²) in [6.45, 7) is 0. The van der Waals surface area contributed by atoms with Crippen LogP contribution in [0.1, 0.15) is 10.4 Å². The third-order valence-electron chi connectivity index (χ3n) is 3.06. The van der Waals surface area contributed by atoms with Crippen LogP contribution in [0.4, 0.5) is 0 Å². The van der Waals surface area contributed by atoms with Crippen LogP contribution in [0.25, 0.3) is 10.8 Å². The summed E-state index contributed by atoms with van der Waals surface area (Å²) in [5, 5.41) is 2.54. The van der Waals surface area contributed by atoms with Crippen LogP contribution in [0.3, 0.4) is 0 Å². The third kappa shape index (κ3) is 2.38. The number of benzene rings is 3. The summed E-state index contributed by atoms with van der Waals surface area (Å²) in [4.78, 5) is 10.7. The van der Waals surface area contributed by atoms with E-state index < -0.39 is 0 Å². The van der Waals surface area contributed by atoms with Gasteiger partial charge < -0.3 is 4.74 Å². The summed E-state index contributed by atoms with van der Waals surface area (Å²) in [6, 6.07) is 18.8. The second kappa shape index (κ2) is 5.35. The Kier molecular flexibility index (Phi) is 3.40. The van der Waals surface area contributed by atoms with Gasteiger partial charge in [-0.2, -0.15) is 0 Å². The van der Waals surface area contributed by atoms with Crippen molar-refractivity contribution in [3.05, 3.63) is 71.2 Å². The Balaban J connectivity index is 2.03. The number of carbonyl (C=O) groups excluding carboxylic acids is 1. The van der Waals surface area contributed by atoms with Crippen LogP contribution in [0.5, 0.6) is 11.5 Å². The van der Waals surface area contributed by atoms with Gasteiger partial charge in [0, 0.05) is 10.9 Å². The van der Waals surface area contributed by atoms with Gasteiger partial charge in [0.05, 0.1) is 5.02 Å². The summed E-state index contributed by atoms with van der Waals surface area (Å²) in [5.41, 5.74) is 0.528. The molecule has 0 aliphatic heterocycles. The third-order valence-corrected chi connectivity index (χ3v) is 3.36. The highest BCUT2D eigenvalue weighted by atomic mass is 35.5. The number of rotatable bonds is 3. The van der Waals surface area contributed by atoms with E-state index in [1.54, 1.807) is 18.2 Å². The van der Waals surface area contributed by atoms with Gasteiger partial charge in [-0.15, -0.1) is 0 Å². The largest absolute Gasteiger partial charge is 0.455 e. The van der Waals surface area contributed by atoms with Crippen LogP contribution < -0.4 is 4.74 Å². The topological polar surface area (TPSA) is 26.3 Å². The fourth-order valence-electron chi connectivity index (χ4n) is 2.08. The molecule has 0 aliphatic rings. The highest BCUT2D eigenvalue weighted by Gasteiger charge is 2.07. The quantitative estimate of drug-likeness (QED) is 0.625. The van der Waals surface area contributed by atoms with Crippen molar-refractivity contribution in [2.45, 2.75) is 0 Å². The van der Waals surface area contributed by atoms with Crippen molar-refractivity contribution < 1.29 is 9.53 Å². The van der Waals surface area contributed by atoms with Crippen LogP contribution in [-0.2, 0) is 0 Å². The molecule has 0 bridgehead atoms. The summed E-state index contributed by atoms with van der Waals surface area (Å²) in [6.07, 6.45) is 0.758. The number of hydrogen-bond acceptors (Lipinski definition) is 2. The van der Waals surface area contributed by atoms with E-state index >= 15 is 0 Å². The van der Waals surface area contributed by atoms with E-state index in [4.69, 9.17) is 16.3 Å². The molecule has 3 rings (SSSR count). The molecule has 0 spiro atoms. The van der Waals surface area contributed by atoms with Crippen molar-refractivity contribution in [1.29, 1.82) is 0 Å². The molecule has 0 atom stereocenters. The predicted molar refractivity (Wildman–Crippen MR) is 80.9 cm³/mol. The lowest BCUT2D eigenvalue weighted by Crippen LogP contribution is -1.88. The van der Waals surface area contributed by atoms with Gasteiger partial charge in [-0.25, -0.2) is 0 Å².